The molecule has 0 saturated heterocycles. The van der Waals surface area contributed by atoms with Crippen molar-refractivity contribution in [2.45, 2.75) is 66.0 Å². The minimum atomic E-state index is -0.412. The molecule has 0 radical (unpaired) electrons. The van der Waals surface area contributed by atoms with Gasteiger partial charge in [0, 0.05) is 36.1 Å². The second-order valence-corrected chi connectivity index (χ2v) is 9.16. The van der Waals surface area contributed by atoms with Crippen LogP contribution in [-0.2, 0) is 9.53 Å². The average molecular weight is 426 g/mol. The van der Waals surface area contributed by atoms with E-state index < -0.39 is 5.97 Å². The van der Waals surface area contributed by atoms with Gasteiger partial charge in [-0.2, -0.15) is 0 Å². The van der Waals surface area contributed by atoms with E-state index in [0.29, 0.717) is 23.4 Å². The van der Waals surface area contributed by atoms with Crippen LogP contribution in [0.15, 0.2) is 66.0 Å². The maximum absolute atomic E-state index is 12.4. The summed E-state index contributed by atoms with van der Waals surface area (Å²) in [5, 5.41) is 9.95. The van der Waals surface area contributed by atoms with Crippen molar-refractivity contribution in [2.24, 2.45) is 11.8 Å². The number of hydrogen-bond donors (Lipinski definition) is 1. The molecule has 0 aromatic heterocycles. The molecule has 1 aromatic carbocycles. The van der Waals surface area contributed by atoms with Crippen LogP contribution in [0, 0.1) is 11.8 Å². The van der Waals surface area contributed by atoms with Crippen LogP contribution in [0.2, 0.25) is 0 Å². The Morgan fingerprint density at radius 2 is 1.77 bits per heavy atom. The third-order valence-electron chi connectivity index (χ3n) is 6.25. The van der Waals surface area contributed by atoms with Gasteiger partial charge in [0.2, 0.25) is 0 Å². The van der Waals surface area contributed by atoms with Crippen molar-refractivity contribution in [2.75, 3.05) is 13.2 Å². The number of carbonyl (C=O) groups excluding carboxylic acids is 1. The summed E-state index contributed by atoms with van der Waals surface area (Å²) in [6.07, 6.45) is 4.71. The van der Waals surface area contributed by atoms with Crippen LogP contribution in [0.4, 0.5) is 0 Å². The lowest BCUT2D eigenvalue weighted by Crippen LogP contribution is -2.38. The van der Waals surface area contributed by atoms with Gasteiger partial charge in [0.25, 0.3) is 0 Å². The molecule has 0 aliphatic heterocycles. The lowest BCUT2D eigenvalue weighted by atomic mass is 9.74. The Kier molecular flexibility index (Phi) is 9.27. The van der Waals surface area contributed by atoms with E-state index >= 15 is 0 Å². The van der Waals surface area contributed by atoms with Gasteiger partial charge in [-0.25, -0.2) is 4.79 Å². The van der Waals surface area contributed by atoms with Crippen molar-refractivity contribution in [3.05, 3.63) is 71.5 Å². The fourth-order valence-electron chi connectivity index (χ4n) is 4.49. The van der Waals surface area contributed by atoms with E-state index in [1.807, 2.05) is 18.2 Å². The second kappa shape index (κ2) is 11.4. The minimum Gasteiger partial charge on any atom is -0.423 e. The fourth-order valence-corrected chi connectivity index (χ4v) is 4.49. The molecular weight excluding hydrogens is 386 g/mol. The molecule has 4 heteroatoms. The highest BCUT2D eigenvalue weighted by molar-refractivity contribution is 5.88. The molecule has 0 amide bonds. The summed E-state index contributed by atoms with van der Waals surface area (Å²) in [5.41, 5.74) is 2.65. The van der Waals surface area contributed by atoms with Crippen LogP contribution in [0.1, 0.15) is 59.4 Å². The van der Waals surface area contributed by atoms with Gasteiger partial charge in [-0.1, -0.05) is 49.9 Å². The number of esters is 1. The number of ether oxygens (including phenoxy) is 1. The molecule has 0 heterocycles. The Labute approximate surface area is 188 Å². The molecule has 0 saturated carbocycles. The zero-order chi connectivity index (χ0) is 23.1. The zero-order valence-electron chi connectivity index (χ0n) is 20.0. The van der Waals surface area contributed by atoms with Crippen molar-refractivity contribution >= 4 is 5.97 Å². The van der Waals surface area contributed by atoms with E-state index in [4.69, 9.17) is 4.74 Å². The Bertz CT molecular complexity index is 799. The van der Waals surface area contributed by atoms with Crippen LogP contribution in [-0.4, -0.2) is 41.2 Å². The molecule has 1 N–H and O–H groups in total. The fraction of sp³-hybridized carbons (Fsp3) is 0.519. The first-order valence-corrected chi connectivity index (χ1v) is 11.4. The summed E-state index contributed by atoms with van der Waals surface area (Å²) in [5.74, 6) is 0.326. The predicted octanol–water partition coefficient (Wildman–Crippen LogP) is 5.47. The van der Waals surface area contributed by atoms with Crippen LogP contribution in [0.25, 0.3) is 0 Å². The van der Waals surface area contributed by atoms with Crippen molar-refractivity contribution in [3.63, 3.8) is 0 Å². The monoisotopic (exact) mass is 425 g/mol. The van der Waals surface area contributed by atoms with Crippen molar-refractivity contribution in [1.82, 2.24) is 4.90 Å². The summed E-state index contributed by atoms with van der Waals surface area (Å²) in [7, 11) is 0. The lowest BCUT2D eigenvalue weighted by Gasteiger charge is -2.36. The molecule has 0 spiro atoms. The number of aliphatic hydroxyl groups is 1. The minimum absolute atomic E-state index is 0.000192. The average Bonchev–Trinajstić information content (AvgIpc) is 2.72. The normalized spacial score (nSPS) is 19.9. The second-order valence-electron chi connectivity index (χ2n) is 9.16. The van der Waals surface area contributed by atoms with Gasteiger partial charge in [-0.05, 0) is 70.7 Å². The first-order chi connectivity index (χ1) is 14.7. The Hall–Kier alpha value is -2.17. The number of hydrogen-bond acceptors (Lipinski definition) is 4. The molecule has 31 heavy (non-hydrogen) atoms. The molecule has 2 rings (SSSR count). The Morgan fingerprint density at radius 3 is 2.29 bits per heavy atom. The van der Waals surface area contributed by atoms with Gasteiger partial charge in [0.15, 0.2) is 0 Å². The lowest BCUT2D eigenvalue weighted by molar-refractivity contribution is -0.134. The van der Waals surface area contributed by atoms with E-state index in [9.17, 15) is 9.90 Å². The number of allylic oxidation sites excluding steroid dienone is 2. The SMILES string of the molecule is C=C(C)C(=O)OC1=C([C@H](CCN(C(C)C)C(C)C)c2ccccc2)C(C)C(CO)C=C1. The number of rotatable bonds is 10. The maximum Gasteiger partial charge on any atom is 0.338 e. The Balaban J connectivity index is 2.52. The van der Waals surface area contributed by atoms with Crippen molar-refractivity contribution < 1.29 is 14.6 Å². The molecule has 0 bridgehead atoms. The maximum atomic E-state index is 12.4. The van der Waals surface area contributed by atoms with Gasteiger partial charge in [-0.3, -0.25) is 4.90 Å². The molecule has 0 fully saturated rings. The standard InChI is InChI=1S/C27H39NO3/c1-18(2)27(30)31-25-14-13-23(17-29)21(7)26(25)24(22-11-9-8-10-12-22)15-16-28(19(3)4)20(5)6/h8-14,19-21,23-24,29H,1,15-17H2,2-7H3/t21?,23?,24-/m1/s1. The van der Waals surface area contributed by atoms with Crippen LogP contribution >= 0.6 is 0 Å². The van der Waals surface area contributed by atoms with E-state index in [1.54, 1.807) is 6.92 Å². The molecular formula is C27H39NO3. The smallest absolute Gasteiger partial charge is 0.338 e. The third kappa shape index (κ3) is 6.41. The third-order valence-corrected chi connectivity index (χ3v) is 6.25. The highest BCUT2D eigenvalue weighted by Gasteiger charge is 2.33. The highest BCUT2D eigenvalue weighted by Crippen LogP contribution is 2.42. The zero-order valence-corrected chi connectivity index (χ0v) is 20.0. The molecule has 170 valence electrons. The van der Waals surface area contributed by atoms with Crippen LogP contribution in [0.3, 0.4) is 0 Å². The number of aliphatic hydroxyl groups excluding tert-OH is 1. The molecule has 1 aliphatic carbocycles. The van der Waals surface area contributed by atoms with E-state index in [-0.39, 0.29) is 24.4 Å². The van der Waals surface area contributed by atoms with Crippen LogP contribution < -0.4 is 0 Å². The summed E-state index contributed by atoms with van der Waals surface area (Å²) >= 11 is 0. The van der Waals surface area contributed by atoms with Crippen molar-refractivity contribution in [3.8, 4) is 0 Å². The molecule has 4 nitrogen and oxygen atoms in total. The summed E-state index contributed by atoms with van der Waals surface area (Å²) in [6, 6.07) is 11.3. The number of carbonyl (C=O) groups is 1. The van der Waals surface area contributed by atoms with Crippen LogP contribution in [0.5, 0.6) is 0 Å². The summed E-state index contributed by atoms with van der Waals surface area (Å²) < 4.78 is 5.79. The molecule has 3 atom stereocenters. The first kappa shape index (κ1) is 25.1. The molecule has 1 aromatic rings. The van der Waals surface area contributed by atoms with Gasteiger partial charge in [-0.15, -0.1) is 0 Å². The largest absolute Gasteiger partial charge is 0.423 e. The molecule has 1 aliphatic rings. The first-order valence-electron chi connectivity index (χ1n) is 11.4. The number of nitrogens with zero attached hydrogens (tertiary/aromatic N) is 1. The van der Waals surface area contributed by atoms with E-state index in [0.717, 1.165) is 18.5 Å². The van der Waals surface area contributed by atoms with Gasteiger partial charge < -0.3 is 9.84 Å². The highest BCUT2D eigenvalue weighted by atomic mass is 16.5. The predicted molar refractivity (Wildman–Crippen MR) is 128 cm³/mol. The van der Waals surface area contributed by atoms with Crippen molar-refractivity contribution in [1.29, 1.82) is 0 Å². The number of benzene rings is 1. The topological polar surface area (TPSA) is 49.8 Å². The Morgan fingerprint density at radius 1 is 1.16 bits per heavy atom. The van der Waals surface area contributed by atoms with E-state index in [2.05, 4.69) is 70.4 Å². The van der Waals surface area contributed by atoms with Gasteiger partial charge in [0.05, 0.1) is 0 Å². The van der Waals surface area contributed by atoms with Gasteiger partial charge in [0.1, 0.15) is 5.76 Å². The molecule has 2 unspecified atom stereocenters. The van der Waals surface area contributed by atoms with Gasteiger partial charge >= 0.3 is 5.97 Å². The quantitative estimate of drug-likeness (QED) is 0.399. The summed E-state index contributed by atoms with van der Waals surface area (Å²) in [4.78, 5) is 14.9. The summed E-state index contributed by atoms with van der Waals surface area (Å²) in [6.45, 7) is 17.4. The van der Waals surface area contributed by atoms with E-state index in [1.165, 1.54) is 5.56 Å².